The van der Waals surface area contributed by atoms with Crippen molar-refractivity contribution in [3.8, 4) is 11.9 Å². The number of nitriles is 1. The van der Waals surface area contributed by atoms with Crippen molar-refractivity contribution in [2.45, 2.75) is 37.5 Å². The molecule has 2 aromatic carbocycles. The first kappa shape index (κ1) is 22.4. The van der Waals surface area contributed by atoms with Gasteiger partial charge in [-0.3, -0.25) is 5.32 Å². The predicted molar refractivity (Wildman–Crippen MR) is 116 cm³/mol. The third kappa shape index (κ3) is 4.56. The molecule has 0 bridgehead atoms. The summed E-state index contributed by atoms with van der Waals surface area (Å²) in [6, 6.07) is 14.2. The number of nitrogens with one attached hydrogen (secondary N) is 2. The maximum Gasteiger partial charge on any atom is 0.205 e. The average molecular weight is 425 g/mol. The number of benzene rings is 2. The molecule has 5 N–H and O–H groups in total. The Kier molecular flexibility index (Phi) is 6.97. The van der Waals surface area contributed by atoms with Crippen molar-refractivity contribution in [3.05, 3.63) is 59.7 Å². The molecule has 31 heavy (non-hydrogen) atoms. The molecule has 1 heterocycles. The molecular formula is C22H27N5O4. The summed E-state index contributed by atoms with van der Waals surface area (Å²) in [5.74, 6) is 0.616. The Labute approximate surface area is 181 Å². The van der Waals surface area contributed by atoms with E-state index in [1.807, 2.05) is 36.5 Å². The van der Waals surface area contributed by atoms with Gasteiger partial charge in [0.2, 0.25) is 5.96 Å². The van der Waals surface area contributed by atoms with E-state index in [2.05, 4.69) is 15.6 Å². The lowest BCUT2D eigenvalue weighted by atomic mass is 9.84. The average Bonchev–Trinajstić information content (AvgIpc) is 2.77. The normalized spacial score (nSPS) is 22.9. The van der Waals surface area contributed by atoms with E-state index in [9.17, 15) is 10.4 Å². The van der Waals surface area contributed by atoms with E-state index >= 15 is 0 Å². The number of nitrogens with zero attached hydrogens (tertiary/aromatic N) is 2. The number of hydrogen-bond donors (Lipinski definition) is 4. The molecule has 0 aromatic heterocycles. The number of hydrogen-bond acceptors (Lipinski definition) is 7. The molecule has 3 atom stereocenters. The summed E-state index contributed by atoms with van der Waals surface area (Å²) in [6.45, 7) is 2.02. The highest BCUT2D eigenvalue weighted by molar-refractivity contribution is 5.82. The van der Waals surface area contributed by atoms with Gasteiger partial charge >= 0.3 is 0 Å². The molecule has 164 valence electrons. The van der Waals surface area contributed by atoms with Gasteiger partial charge in [0, 0.05) is 19.8 Å². The first-order valence-electron chi connectivity index (χ1n) is 9.75. The molecule has 3 rings (SSSR count). The van der Waals surface area contributed by atoms with Crippen molar-refractivity contribution < 1.29 is 19.3 Å². The highest BCUT2D eigenvalue weighted by atomic mass is 16.7. The van der Waals surface area contributed by atoms with Gasteiger partial charge in [0.05, 0.1) is 18.3 Å². The first-order chi connectivity index (χ1) is 14.9. The molecule has 2 unspecified atom stereocenters. The van der Waals surface area contributed by atoms with Gasteiger partial charge in [0.25, 0.3) is 0 Å². The van der Waals surface area contributed by atoms with E-state index in [0.29, 0.717) is 23.5 Å². The maximum absolute atomic E-state index is 11.3. The number of aliphatic imine (C=N–C) groups is 1. The summed E-state index contributed by atoms with van der Waals surface area (Å²) >= 11 is 0. The Hall–Kier alpha value is -3.32. The second-order valence-corrected chi connectivity index (χ2v) is 7.31. The van der Waals surface area contributed by atoms with Crippen LogP contribution in [0, 0.1) is 11.5 Å². The minimum Gasteiger partial charge on any atom is -0.477 e. The second kappa shape index (κ2) is 9.66. The molecule has 9 heteroatoms. The monoisotopic (exact) mass is 425 g/mol. The van der Waals surface area contributed by atoms with Crippen LogP contribution in [0.5, 0.6) is 5.75 Å². The SMILES string of the molecule is COC(OC)[C@@]1(C)Oc2c(N)cccc2C(NC(=NCc2ccccc2)NC#N)C1O. The minimum atomic E-state index is -1.29. The zero-order valence-electron chi connectivity index (χ0n) is 17.7. The largest absolute Gasteiger partial charge is 0.477 e. The number of aliphatic hydroxyl groups excluding tert-OH is 1. The molecule has 0 aliphatic carbocycles. The summed E-state index contributed by atoms with van der Waals surface area (Å²) in [5, 5.41) is 26.2. The number of nitrogen functional groups attached to an aromatic ring is 1. The molecular weight excluding hydrogens is 398 g/mol. The van der Waals surface area contributed by atoms with Crippen LogP contribution in [0.2, 0.25) is 0 Å². The number of nitrogens with two attached hydrogens (primary N) is 1. The lowest BCUT2D eigenvalue weighted by Crippen LogP contribution is -2.62. The van der Waals surface area contributed by atoms with Crippen LogP contribution < -0.4 is 21.1 Å². The van der Waals surface area contributed by atoms with Crippen LogP contribution in [-0.4, -0.2) is 43.3 Å². The van der Waals surface area contributed by atoms with Gasteiger partial charge in [-0.2, -0.15) is 5.26 Å². The van der Waals surface area contributed by atoms with E-state index in [1.165, 1.54) is 14.2 Å². The van der Waals surface area contributed by atoms with Crippen molar-refractivity contribution in [2.75, 3.05) is 20.0 Å². The number of ether oxygens (including phenoxy) is 3. The Morgan fingerprint density at radius 2 is 1.97 bits per heavy atom. The van der Waals surface area contributed by atoms with Crippen molar-refractivity contribution in [3.63, 3.8) is 0 Å². The number of rotatable bonds is 6. The Morgan fingerprint density at radius 3 is 2.61 bits per heavy atom. The zero-order chi connectivity index (χ0) is 22.4. The van der Waals surface area contributed by atoms with E-state index in [-0.39, 0.29) is 5.96 Å². The van der Waals surface area contributed by atoms with E-state index in [4.69, 9.17) is 19.9 Å². The number of methoxy groups -OCH3 is 2. The van der Waals surface area contributed by atoms with Gasteiger partial charge in [0.1, 0.15) is 11.9 Å². The topological polar surface area (TPSA) is 134 Å². The Morgan fingerprint density at radius 1 is 1.26 bits per heavy atom. The predicted octanol–water partition coefficient (Wildman–Crippen LogP) is 1.66. The number of para-hydroxylation sites is 1. The molecule has 2 aromatic rings. The summed E-state index contributed by atoms with van der Waals surface area (Å²) in [7, 11) is 2.93. The lowest BCUT2D eigenvalue weighted by Gasteiger charge is -2.47. The summed E-state index contributed by atoms with van der Waals surface area (Å²) < 4.78 is 16.9. The van der Waals surface area contributed by atoms with Crippen LogP contribution in [0.25, 0.3) is 0 Å². The van der Waals surface area contributed by atoms with Crippen molar-refractivity contribution in [2.24, 2.45) is 4.99 Å². The quantitative estimate of drug-likeness (QED) is 0.137. The van der Waals surface area contributed by atoms with Crippen molar-refractivity contribution in [1.82, 2.24) is 10.6 Å². The van der Waals surface area contributed by atoms with Gasteiger partial charge < -0.3 is 30.4 Å². The fourth-order valence-electron chi connectivity index (χ4n) is 3.70. The van der Waals surface area contributed by atoms with E-state index < -0.39 is 24.0 Å². The molecule has 0 fully saturated rings. The van der Waals surface area contributed by atoms with E-state index in [0.717, 1.165) is 5.56 Å². The van der Waals surface area contributed by atoms with Gasteiger partial charge in [-0.15, -0.1) is 0 Å². The molecule has 1 aliphatic heterocycles. The second-order valence-electron chi connectivity index (χ2n) is 7.31. The first-order valence-corrected chi connectivity index (χ1v) is 9.75. The maximum atomic E-state index is 11.3. The number of anilines is 1. The van der Waals surface area contributed by atoms with Gasteiger partial charge in [-0.25, -0.2) is 4.99 Å². The van der Waals surface area contributed by atoms with Crippen LogP contribution in [0.15, 0.2) is 53.5 Å². The smallest absolute Gasteiger partial charge is 0.205 e. The standard InChI is InChI=1S/C22H27N5O4/c1-22(20(29-2)30-3)19(28)17(15-10-7-11-16(24)18(15)31-22)27-21(26-13-23)25-12-14-8-5-4-6-9-14/h4-11,17,19-20,28H,12,24H2,1-3H3,(H2,25,26,27)/t17?,19?,22-/m0/s1. The zero-order valence-corrected chi connectivity index (χ0v) is 17.7. The molecule has 9 nitrogen and oxygen atoms in total. The van der Waals surface area contributed by atoms with Gasteiger partial charge in [0.15, 0.2) is 18.1 Å². The molecule has 0 radical (unpaired) electrons. The van der Waals surface area contributed by atoms with Crippen molar-refractivity contribution >= 4 is 11.6 Å². The fraction of sp³-hybridized carbons (Fsp3) is 0.364. The van der Waals surface area contributed by atoms with Crippen LogP contribution in [0.1, 0.15) is 24.1 Å². The third-order valence-corrected chi connectivity index (χ3v) is 5.26. The summed E-state index contributed by atoms with van der Waals surface area (Å²) in [5.41, 5.74) is 6.88. The Bertz CT molecular complexity index is 958. The summed E-state index contributed by atoms with van der Waals surface area (Å²) in [6.07, 6.45) is -0.132. The molecule has 0 saturated carbocycles. The van der Waals surface area contributed by atoms with Gasteiger partial charge in [-0.05, 0) is 18.6 Å². The van der Waals surface area contributed by atoms with Crippen LogP contribution >= 0.6 is 0 Å². The van der Waals surface area contributed by atoms with Crippen LogP contribution in [0.4, 0.5) is 5.69 Å². The number of fused-ring (bicyclic) bond motifs is 1. The van der Waals surface area contributed by atoms with E-state index in [1.54, 1.807) is 25.1 Å². The lowest BCUT2D eigenvalue weighted by molar-refractivity contribution is -0.238. The molecule has 1 aliphatic rings. The third-order valence-electron chi connectivity index (χ3n) is 5.26. The highest BCUT2D eigenvalue weighted by Gasteiger charge is 2.52. The minimum absolute atomic E-state index is 0.208. The number of guanidine groups is 1. The highest BCUT2D eigenvalue weighted by Crippen LogP contribution is 2.44. The Balaban J connectivity index is 1.98. The number of aliphatic hydroxyl groups is 1. The fourth-order valence-corrected chi connectivity index (χ4v) is 3.70. The molecule has 0 saturated heterocycles. The molecule has 0 spiro atoms. The van der Waals surface area contributed by atoms with Crippen LogP contribution in [-0.2, 0) is 16.0 Å². The van der Waals surface area contributed by atoms with Crippen molar-refractivity contribution in [1.29, 1.82) is 5.26 Å². The van der Waals surface area contributed by atoms with Gasteiger partial charge in [-0.1, -0.05) is 42.5 Å². The summed E-state index contributed by atoms with van der Waals surface area (Å²) in [4.78, 5) is 4.47. The van der Waals surface area contributed by atoms with Crippen LogP contribution in [0.3, 0.4) is 0 Å². The molecule has 0 amide bonds.